The van der Waals surface area contributed by atoms with Gasteiger partial charge in [-0.1, -0.05) is 13.8 Å². The van der Waals surface area contributed by atoms with Gasteiger partial charge in [0, 0.05) is 17.5 Å². The third kappa shape index (κ3) is 1.93. The molecule has 10 atom stereocenters. The van der Waals surface area contributed by atoms with Gasteiger partial charge in [0.2, 0.25) is 0 Å². The van der Waals surface area contributed by atoms with Crippen LogP contribution in [0.1, 0.15) is 65.7 Å². The summed E-state index contributed by atoms with van der Waals surface area (Å²) >= 11 is 0. The van der Waals surface area contributed by atoms with Crippen LogP contribution in [0.25, 0.3) is 0 Å². The molecule has 0 amide bonds. The SMILES string of the molecule is C[C@]12C[C@@H]3C=NN[C@H]3C[C@@H]1CC[C@@H]1[C@@H]2CC[C@@]2(C)[C@H]1C[C@H](O)[C@]2(C)O. The molecular weight excluding hydrogens is 312 g/mol. The Morgan fingerprint density at radius 2 is 1.88 bits per heavy atom. The number of nitrogens with zero attached hydrogens (tertiary/aromatic N) is 1. The molecule has 0 aromatic heterocycles. The lowest BCUT2D eigenvalue weighted by atomic mass is 9.43. The van der Waals surface area contributed by atoms with Crippen molar-refractivity contribution in [2.45, 2.75) is 83.5 Å². The number of aliphatic hydroxyl groups is 2. The number of aliphatic hydroxyl groups excluding tert-OH is 1. The molecule has 4 saturated carbocycles. The minimum absolute atomic E-state index is 0.121. The number of rotatable bonds is 0. The summed E-state index contributed by atoms with van der Waals surface area (Å²) in [6.45, 7) is 6.70. The van der Waals surface area contributed by atoms with Crippen LogP contribution in [-0.4, -0.2) is 34.2 Å². The minimum Gasteiger partial charge on any atom is -0.390 e. The van der Waals surface area contributed by atoms with Crippen LogP contribution in [0.4, 0.5) is 0 Å². The molecule has 25 heavy (non-hydrogen) atoms. The average molecular weight is 347 g/mol. The van der Waals surface area contributed by atoms with Gasteiger partial charge in [-0.3, -0.25) is 0 Å². The minimum atomic E-state index is -0.930. The first-order valence-electron chi connectivity index (χ1n) is 10.5. The van der Waals surface area contributed by atoms with Gasteiger partial charge in [0.1, 0.15) is 0 Å². The van der Waals surface area contributed by atoms with E-state index in [9.17, 15) is 10.2 Å². The predicted octanol–water partition coefficient (Wildman–Crippen LogP) is 2.93. The van der Waals surface area contributed by atoms with Crippen LogP contribution >= 0.6 is 0 Å². The lowest BCUT2D eigenvalue weighted by Crippen LogP contribution is -2.58. The molecular formula is C21H34N2O2. The topological polar surface area (TPSA) is 64.9 Å². The normalized spacial score (nSPS) is 62.5. The molecule has 4 nitrogen and oxygen atoms in total. The number of nitrogens with one attached hydrogen (secondary N) is 1. The summed E-state index contributed by atoms with van der Waals surface area (Å²) in [5, 5.41) is 26.0. The van der Waals surface area contributed by atoms with E-state index in [2.05, 4.69) is 30.6 Å². The van der Waals surface area contributed by atoms with Crippen molar-refractivity contribution < 1.29 is 10.2 Å². The van der Waals surface area contributed by atoms with E-state index in [4.69, 9.17) is 0 Å². The van der Waals surface area contributed by atoms with Crippen molar-refractivity contribution in [2.24, 2.45) is 45.5 Å². The fourth-order valence-corrected chi connectivity index (χ4v) is 8.15. The Bertz CT molecular complexity index is 605. The van der Waals surface area contributed by atoms with Crippen LogP contribution in [0.5, 0.6) is 0 Å². The van der Waals surface area contributed by atoms with Gasteiger partial charge in [-0.15, -0.1) is 0 Å². The highest BCUT2D eigenvalue weighted by Crippen LogP contribution is 2.68. The Labute approximate surface area is 151 Å². The highest BCUT2D eigenvalue weighted by molar-refractivity contribution is 5.64. The van der Waals surface area contributed by atoms with Gasteiger partial charge < -0.3 is 15.6 Å². The number of hydrogen-bond donors (Lipinski definition) is 3. The molecule has 0 aromatic carbocycles. The number of fused-ring (bicyclic) bond motifs is 6. The van der Waals surface area contributed by atoms with E-state index in [1.165, 1.54) is 32.1 Å². The molecule has 0 aromatic rings. The maximum Gasteiger partial charge on any atom is 0.0933 e. The average Bonchev–Trinajstić information content (AvgIpc) is 3.07. The molecule has 0 unspecified atom stereocenters. The molecule has 5 aliphatic rings. The van der Waals surface area contributed by atoms with Crippen molar-refractivity contribution in [2.75, 3.05) is 0 Å². The number of hydrazone groups is 1. The van der Waals surface area contributed by atoms with Gasteiger partial charge in [-0.25, -0.2) is 0 Å². The lowest BCUT2D eigenvalue weighted by molar-refractivity contribution is -0.162. The summed E-state index contributed by atoms with van der Waals surface area (Å²) in [5.74, 6) is 3.31. The van der Waals surface area contributed by atoms with E-state index in [0.717, 1.165) is 24.7 Å². The molecule has 0 spiro atoms. The van der Waals surface area contributed by atoms with E-state index >= 15 is 0 Å². The van der Waals surface area contributed by atoms with Crippen molar-refractivity contribution in [3.05, 3.63) is 0 Å². The molecule has 4 aliphatic carbocycles. The zero-order valence-electron chi connectivity index (χ0n) is 15.9. The highest BCUT2D eigenvalue weighted by atomic mass is 16.3. The van der Waals surface area contributed by atoms with E-state index in [0.29, 0.717) is 29.2 Å². The van der Waals surface area contributed by atoms with E-state index in [1.54, 1.807) is 0 Å². The Morgan fingerprint density at radius 1 is 1.08 bits per heavy atom. The van der Waals surface area contributed by atoms with Crippen LogP contribution in [0.15, 0.2) is 5.10 Å². The van der Waals surface area contributed by atoms with Gasteiger partial charge >= 0.3 is 0 Å². The van der Waals surface area contributed by atoms with Gasteiger partial charge in [-0.2, -0.15) is 5.10 Å². The fourth-order valence-electron chi connectivity index (χ4n) is 8.15. The standard InChI is InChI=1S/C21H34N2O2/c1-19-10-12-11-22-23-17(12)8-13(19)4-5-14-15(19)6-7-20(2)16(14)9-18(24)21(20,3)25/h11-18,23-25H,4-10H2,1-3H3/t12-,13+,14-,15+,16+,17+,18+,19+,20+,21+/m1/s1. The quantitative estimate of drug-likeness (QED) is 0.632. The second-order valence-corrected chi connectivity index (χ2v) is 10.6. The molecule has 0 radical (unpaired) electrons. The molecule has 1 heterocycles. The van der Waals surface area contributed by atoms with Gasteiger partial charge in [-0.05, 0) is 81.0 Å². The molecule has 5 rings (SSSR count). The summed E-state index contributed by atoms with van der Waals surface area (Å²) in [5.41, 5.74) is 2.70. The summed E-state index contributed by atoms with van der Waals surface area (Å²) in [4.78, 5) is 0. The second kappa shape index (κ2) is 5.01. The largest absolute Gasteiger partial charge is 0.390 e. The summed E-state index contributed by atoms with van der Waals surface area (Å²) in [6.07, 6.45) is 9.80. The second-order valence-electron chi connectivity index (χ2n) is 10.6. The van der Waals surface area contributed by atoms with Gasteiger partial charge in [0.25, 0.3) is 0 Å². The molecule has 140 valence electrons. The van der Waals surface area contributed by atoms with E-state index < -0.39 is 11.7 Å². The van der Waals surface area contributed by atoms with Crippen molar-refractivity contribution >= 4 is 6.21 Å². The Balaban J connectivity index is 1.47. The van der Waals surface area contributed by atoms with Crippen molar-refractivity contribution in [1.29, 1.82) is 0 Å². The van der Waals surface area contributed by atoms with Crippen LogP contribution in [0, 0.1) is 40.4 Å². The monoisotopic (exact) mass is 346 g/mol. The Kier molecular flexibility index (Phi) is 3.32. The Hall–Kier alpha value is -0.610. The summed E-state index contributed by atoms with van der Waals surface area (Å²) < 4.78 is 0. The van der Waals surface area contributed by atoms with Gasteiger partial charge in [0.05, 0.1) is 17.7 Å². The van der Waals surface area contributed by atoms with E-state index in [-0.39, 0.29) is 5.41 Å². The third-order valence-corrected chi connectivity index (χ3v) is 9.97. The van der Waals surface area contributed by atoms with Gasteiger partial charge in [0.15, 0.2) is 0 Å². The zero-order chi connectivity index (χ0) is 17.6. The first-order chi connectivity index (χ1) is 11.8. The maximum atomic E-state index is 11.1. The Morgan fingerprint density at radius 3 is 2.68 bits per heavy atom. The van der Waals surface area contributed by atoms with Crippen LogP contribution in [0.2, 0.25) is 0 Å². The summed E-state index contributed by atoms with van der Waals surface area (Å²) in [7, 11) is 0. The molecule has 0 saturated heterocycles. The number of hydrogen-bond acceptors (Lipinski definition) is 4. The summed E-state index contributed by atoms with van der Waals surface area (Å²) in [6, 6.07) is 0.567. The maximum absolute atomic E-state index is 11.1. The first kappa shape index (κ1) is 16.6. The smallest absolute Gasteiger partial charge is 0.0933 e. The van der Waals surface area contributed by atoms with Crippen molar-refractivity contribution in [1.82, 2.24) is 5.43 Å². The van der Waals surface area contributed by atoms with Crippen LogP contribution < -0.4 is 5.43 Å². The third-order valence-electron chi connectivity index (χ3n) is 9.97. The predicted molar refractivity (Wildman–Crippen MR) is 98.0 cm³/mol. The van der Waals surface area contributed by atoms with Crippen molar-refractivity contribution in [3.8, 4) is 0 Å². The highest BCUT2D eigenvalue weighted by Gasteiger charge is 2.66. The fraction of sp³-hybridized carbons (Fsp3) is 0.952. The lowest BCUT2D eigenvalue weighted by Gasteiger charge is -2.62. The zero-order valence-corrected chi connectivity index (χ0v) is 15.9. The first-order valence-corrected chi connectivity index (χ1v) is 10.5. The molecule has 4 fully saturated rings. The molecule has 1 aliphatic heterocycles. The van der Waals surface area contributed by atoms with E-state index in [1.807, 2.05) is 6.92 Å². The van der Waals surface area contributed by atoms with Crippen LogP contribution in [0.3, 0.4) is 0 Å². The van der Waals surface area contributed by atoms with Crippen molar-refractivity contribution in [3.63, 3.8) is 0 Å². The molecule has 3 N–H and O–H groups in total. The van der Waals surface area contributed by atoms with Crippen LogP contribution in [-0.2, 0) is 0 Å². The molecule has 0 bridgehead atoms. The molecule has 4 heteroatoms.